The van der Waals surface area contributed by atoms with Crippen molar-refractivity contribution in [3.8, 4) is 45.6 Å². The van der Waals surface area contributed by atoms with Gasteiger partial charge >= 0.3 is 5.97 Å². The number of carbonyl (C=O) groups excluding carboxylic acids is 1. The van der Waals surface area contributed by atoms with Crippen molar-refractivity contribution in [3.63, 3.8) is 0 Å². The number of halogens is 7. The van der Waals surface area contributed by atoms with E-state index in [1.165, 1.54) is 39.2 Å². The molecule has 4 aromatic carbocycles. The molecule has 3 heterocycles. The van der Waals surface area contributed by atoms with Crippen LogP contribution in [0.4, 0.5) is 8.78 Å². The maximum atomic E-state index is 14.8. The number of ether oxygens (including phenoxy) is 5. The number of aryl methyl sites for hydroxylation is 2. The third-order valence-corrected chi connectivity index (χ3v) is 10.8. The van der Waals surface area contributed by atoms with Crippen molar-refractivity contribution in [1.82, 2.24) is 20.2 Å². The number of fused-ring (bicyclic) bond motifs is 1. The van der Waals surface area contributed by atoms with E-state index in [1.54, 1.807) is 34.5 Å². The lowest BCUT2D eigenvalue weighted by Gasteiger charge is -2.17. The molecule has 2 aliphatic heterocycles. The summed E-state index contributed by atoms with van der Waals surface area (Å²) in [6.45, 7) is 8.95. The molecule has 62 heavy (non-hydrogen) atoms. The van der Waals surface area contributed by atoms with E-state index >= 15 is 0 Å². The summed E-state index contributed by atoms with van der Waals surface area (Å²) in [6, 6.07) is 15.5. The molecule has 5 aromatic rings. The zero-order valence-corrected chi connectivity index (χ0v) is 38.3. The molecule has 0 saturated carbocycles. The molecule has 18 heteroatoms. The lowest BCUT2D eigenvalue weighted by atomic mass is 10.1. The number of carbonyl (C=O) groups is 1. The number of hydrogen-bond acceptors (Lipinski definition) is 9. The molecule has 7 rings (SSSR count). The van der Waals surface area contributed by atoms with Gasteiger partial charge < -0.3 is 23.7 Å². The van der Waals surface area contributed by atoms with E-state index < -0.39 is 22.1 Å². The third kappa shape index (κ3) is 12.0. The van der Waals surface area contributed by atoms with Crippen molar-refractivity contribution in [2.75, 3.05) is 33.9 Å². The molecule has 0 spiro atoms. The summed E-state index contributed by atoms with van der Waals surface area (Å²) >= 11 is 30.3. The first kappa shape index (κ1) is 48.6. The van der Waals surface area contributed by atoms with Gasteiger partial charge in [0, 0.05) is 37.3 Å². The van der Waals surface area contributed by atoms with Crippen molar-refractivity contribution in [3.05, 3.63) is 119 Å². The highest BCUT2D eigenvalue weighted by atomic mass is 35.5. The molecular weight excluding hydrogens is 912 g/mol. The van der Waals surface area contributed by atoms with Crippen LogP contribution in [0.2, 0.25) is 15.2 Å². The number of hydrogen-bond donors (Lipinski definition) is 2. The van der Waals surface area contributed by atoms with Gasteiger partial charge in [-0.05, 0) is 106 Å². The average Bonchev–Trinajstić information content (AvgIpc) is 3.51. The van der Waals surface area contributed by atoms with Crippen molar-refractivity contribution in [2.45, 2.75) is 59.5 Å². The zero-order valence-electron chi connectivity index (χ0n) is 34.5. The van der Waals surface area contributed by atoms with Crippen molar-refractivity contribution >= 4 is 69.5 Å². The van der Waals surface area contributed by atoms with Gasteiger partial charge in [-0.15, -0.1) is 0 Å². The van der Waals surface area contributed by atoms with Crippen molar-refractivity contribution in [2.24, 2.45) is 0 Å². The fourth-order valence-electron chi connectivity index (χ4n) is 6.40. The number of hydrazine groups is 1. The predicted octanol–water partition coefficient (Wildman–Crippen LogP) is 11.8. The Morgan fingerprint density at radius 1 is 0.694 bits per heavy atom. The number of methoxy groups -OCH3 is 2. The average molecular weight is 957 g/mol. The second-order valence-corrected chi connectivity index (χ2v) is 16.0. The van der Waals surface area contributed by atoms with Crippen LogP contribution in [0.3, 0.4) is 0 Å². The fraction of sp³-hybridized carbons (Fsp3) is 0.318. The highest BCUT2D eigenvalue weighted by Crippen LogP contribution is 2.41. The maximum Gasteiger partial charge on any atom is 0.341 e. The largest absolute Gasteiger partial charge is 0.493 e. The Bertz CT molecular complexity index is 2480. The minimum atomic E-state index is -0.863. The molecule has 0 amide bonds. The van der Waals surface area contributed by atoms with E-state index in [-0.39, 0.29) is 61.1 Å². The zero-order chi connectivity index (χ0) is 45.1. The first-order valence-corrected chi connectivity index (χ1v) is 21.4. The molecule has 0 unspecified atom stereocenters. The molecule has 2 aliphatic rings. The van der Waals surface area contributed by atoms with Crippen LogP contribution in [0.25, 0.3) is 16.7 Å². The van der Waals surface area contributed by atoms with Crippen LogP contribution in [-0.2, 0) is 22.6 Å². The summed E-state index contributed by atoms with van der Waals surface area (Å²) in [6.07, 6.45) is 4.45. The number of rotatable bonds is 10. The molecule has 0 aliphatic carbocycles. The van der Waals surface area contributed by atoms with E-state index in [1.807, 2.05) is 32.0 Å². The minimum Gasteiger partial charge on any atom is -0.493 e. The van der Waals surface area contributed by atoms with Gasteiger partial charge in [-0.1, -0.05) is 70.1 Å². The summed E-state index contributed by atoms with van der Waals surface area (Å²) in [5.74, 6) is -0.236. The first-order valence-electron chi connectivity index (χ1n) is 19.5. The molecular formula is C44H45Cl5F2N4O7. The van der Waals surface area contributed by atoms with Gasteiger partial charge in [0.1, 0.15) is 38.4 Å². The van der Waals surface area contributed by atoms with E-state index in [4.69, 9.17) is 81.7 Å². The number of nitrogens with one attached hydrogen (secondary N) is 2. The van der Waals surface area contributed by atoms with Crippen LogP contribution >= 0.6 is 58.0 Å². The van der Waals surface area contributed by atoms with Crippen molar-refractivity contribution in [1.29, 1.82) is 0 Å². The van der Waals surface area contributed by atoms with Crippen LogP contribution in [0.15, 0.2) is 69.9 Å². The molecule has 0 atom stereocenters. The molecule has 1 fully saturated rings. The number of esters is 1. The monoisotopic (exact) mass is 954 g/mol. The Kier molecular flexibility index (Phi) is 17.8. The van der Waals surface area contributed by atoms with E-state index in [2.05, 4.69) is 10.9 Å². The summed E-state index contributed by atoms with van der Waals surface area (Å²) in [5.41, 5.74) is 7.36. The molecule has 0 radical (unpaired) electrons. The molecule has 11 nitrogen and oxygen atoms in total. The minimum absolute atomic E-state index is 0.00668. The highest BCUT2D eigenvalue weighted by Gasteiger charge is 2.26. The Hall–Kier alpha value is -4.47. The molecule has 0 bridgehead atoms. The third-order valence-electron chi connectivity index (χ3n) is 9.47. The first-order chi connectivity index (χ1) is 29.7. The lowest BCUT2D eigenvalue weighted by molar-refractivity contribution is -0.136. The quantitative estimate of drug-likeness (QED) is 0.104. The van der Waals surface area contributed by atoms with Gasteiger partial charge in [0.15, 0.2) is 23.0 Å². The summed E-state index contributed by atoms with van der Waals surface area (Å²) < 4.78 is 59.3. The van der Waals surface area contributed by atoms with Crippen LogP contribution in [-0.4, -0.2) is 49.2 Å². The molecule has 332 valence electrons. The number of aromatic nitrogens is 2. The Morgan fingerprint density at radius 2 is 1.21 bits per heavy atom. The van der Waals surface area contributed by atoms with Gasteiger partial charge in [-0.3, -0.25) is 20.3 Å². The van der Waals surface area contributed by atoms with Crippen LogP contribution in [0, 0.1) is 25.5 Å². The van der Waals surface area contributed by atoms with E-state index in [9.17, 15) is 18.4 Å². The second kappa shape index (κ2) is 22.8. The standard InChI is InChI=1S/C21H19Cl2FN2O3.C19H16Cl3FO4.C4H10N2/c1-12-5-6-16(18(9-12)28-2)29-17-10-13(15(24)11-14(17)22)19-20(23)25-7-3-4-8-26(25)21(19)27;1-4-26-19(24)17(18(21)22)11-8-15(12(20)9-13(11)23)27-14-6-5-10(2)7-16(14)25-3;1-2-4-6-5-3-1/h5-6,9-11H,3-4,7-8H2,1-2H3;5-9H,4H2,1-3H3;5-6H,1-4H2. The molecule has 1 saturated heterocycles. The van der Waals surface area contributed by atoms with Crippen LogP contribution < -0.4 is 35.4 Å². The summed E-state index contributed by atoms with van der Waals surface area (Å²) in [7, 11) is 3.03. The molecule has 2 N–H and O–H groups in total. The smallest absolute Gasteiger partial charge is 0.341 e. The van der Waals surface area contributed by atoms with Gasteiger partial charge in [0.2, 0.25) is 0 Å². The Balaban J connectivity index is 0.000000206. The lowest BCUT2D eigenvalue weighted by Crippen LogP contribution is -2.37. The highest BCUT2D eigenvalue weighted by molar-refractivity contribution is 6.61. The number of benzene rings is 4. The Labute approximate surface area is 383 Å². The number of nitrogens with zero attached hydrogens (tertiary/aromatic N) is 2. The molecule has 1 aromatic heterocycles. The summed E-state index contributed by atoms with van der Waals surface area (Å²) in [5, 5.41) is 0.289. The predicted molar refractivity (Wildman–Crippen MR) is 241 cm³/mol. The van der Waals surface area contributed by atoms with Gasteiger partial charge in [0.05, 0.1) is 36.4 Å². The van der Waals surface area contributed by atoms with Gasteiger partial charge in [0.25, 0.3) is 5.56 Å². The van der Waals surface area contributed by atoms with Crippen LogP contribution in [0.5, 0.6) is 34.5 Å². The van der Waals surface area contributed by atoms with E-state index in [0.717, 1.165) is 49.2 Å². The fourth-order valence-corrected chi connectivity index (χ4v) is 7.50. The van der Waals surface area contributed by atoms with Gasteiger partial charge in [-0.2, -0.15) is 0 Å². The second-order valence-electron chi connectivity index (χ2n) is 13.9. The van der Waals surface area contributed by atoms with Crippen LogP contribution in [0.1, 0.15) is 49.3 Å². The maximum absolute atomic E-state index is 14.8. The normalized spacial score (nSPS) is 13.0. The Morgan fingerprint density at radius 3 is 1.68 bits per heavy atom. The van der Waals surface area contributed by atoms with Gasteiger partial charge in [-0.25, -0.2) is 18.3 Å². The summed E-state index contributed by atoms with van der Waals surface area (Å²) in [4.78, 5) is 25.0. The SMILES string of the molecule is C1CCNNC1.CCOC(=O)C(=C(Cl)Cl)c1cc(Oc2ccc(C)cc2OC)c(Cl)cc1F.COc1cc(C)ccc1Oc1cc(-c2c(Cl)n3n(c2=O)CCCC3)c(F)cc1Cl. The topological polar surface area (TPSA) is 114 Å². The van der Waals surface area contributed by atoms with E-state index in [0.29, 0.717) is 36.1 Å². The van der Waals surface area contributed by atoms with Crippen molar-refractivity contribution < 1.29 is 37.3 Å².